The van der Waals surface area contributed by atoms with Gasteiger partial charge in [0.2, 0.25) is 11.1 Å². The molecule has 0 aliphatic heterocycles. The quantitative estimate of drug-likeness (QED) is 0.426. The summed E-state index contributed by atoms with van der Waals surface area (Å²) < 4.78 is 7.28. The summed E-state index contributed by atoms with van der Waals surface area (Å²) in [5, 5.41) is 11.5. The molecule has 4 rings (SSSR count). The molecule has 1 fully saturated rings. The van der Waals surface area contributed by atoms with Crippen molar-refractivity contribution in [2.75, 3.05) is 5.84 Å². The van der Waals surface area contributed by atoms with E-state index in [9.17, 15) is 4.79 Å². The van der Waals surface area contributed by atoms with Crippen molar-refractivity contribution in [2.24, 2.45) is 0 Å². The number of hydrogen-bond donors (Lipinski definition) is 2. The van der Waals surface area contributed by atoms with E-state index in [-0.39, 0.29) is 18.6 Å². The number of aryl methyl sites for hydroxylation is 2. The van der Waals surface area contributed by atoms with Gasteiger partial charge in [-0.05, 0) is 43.9 Å². The molecule has 0 radical (unpaired) electrons. The third-order valence-corrected chi connectivity index (χ3v) is 6.12. The van der Waals surface area contributed by atoms with Crippen LogP contribution >= 0.6 is 11.8 Å². The lowest BCUT2D eigenvalue weighted by molar-refractivity contribution is -0.120. The van der Waals surface area contributed by atoms with E-state index in [2.05, 4.69) is 21.6 Å². The van der Waals surface area contributed by atoms with E-state index in [1.54, 1.807) is 0 Å². The fourth-order valence-corrected chi connectivity index (χ4v) is 4.09. The molecule has 1 aromatic heterocycles. The lowest BCUT2D eigenvalue weighted by Crippen LogP contribution is -2.30. The fourth-order valence-electron chi connectivity index (χ4n) is 3.10. The van der Waals surface area contributed by atoms with Crippen molar-refractivity contribution < 1.29 is 9.53 Å². The van der Waals surface area contributed by atoms with E-state index in [0.29, 0.717) is 11.0 Å². The van der Waals surface area contributed by atoms with Gasteiger partial charge in [-0.3, -0.25) is 4.79 Å². The number of nitrogen functional groups attached to an aromatic ring is 1. The Morgan fingerprint density at radius 3 is 2.70 bits per heavy atom. The number of carbonyl (C=O) groups is 1. The molecule has 8 heteroatoms. The second kappa shape index (κ2) is 8.79. The second-order valence-corrected chi connectivity index (χ2v) is 8.59. The van der Waals surface area contributed by atoms with E-state index in [1.165, 1.54) is 22.0 Å². The number of amides is 1. The minimum Gasteiger partial charge on any atom is -0.485 e. The number of aromatic nitrogens is 3. The summed E-state index contributed by atoms with van der Waals surface area (Å²) in [6, 6.07) is 15.9. The fraction of sp³-hybridized carbons (Fsp3) is 0.318. The first-order chi connectivity index (χ1) is 14.5. The first-order valence-electron chi connectivity index (χ1n) is 9.92. The largest absolute Gasteiger partial charge is 0.485 e. The number of benzene rings is 2. The van der Waals surface area contributed by atoms with Gasteiger partial charge >= 0.3 is 0 Å². The van der Waals surface area contributed by atoms with Crippen molar-refractivity contribution in [3.63, 3.8) is 0 Å². The number of hydrogen-bond acceptors (Lipinski definition) is 6. The highest BCUT2D eigenvalue weighted by Gasteiger charge is 2.30. The monoisotopic (exact) mass is 423 g/mol. The maximum atomic E-state index is 12.8. The highest BCUT2D eigenvalue weighted by Crippen LogP contribution is 2.35. The van der Waals surface area contributed by atoms with Gasteiger partial charge in [-0.1, -0.05) is 59.8 Å². The number of ether oxygens (including phenoxy) is 1. The molecule has 1 aliphatic carbocycles. The Labute approximate surface area is 180 Å². The van der Waals surface area contributed by atoms with Crippen molar-refractivity contribution in [1.29, 1.82) is 0 Å². The van der Waals surface area contributed by atoms with Crippen LogP contribution in [0.3, 0.4) is 0 Å². The minimum atomic E-state index is -0.452. The Bertz CT molecular complexity index is 1030. The van der Waals surface area contributed by atoms with Gasteiger partial charge in [-0.25, -0.2) is 4.68 Å². The standard InChI is InChI=1S/C22H25N5O2S/c1-14-8-11-18(15(2)12-14)29-13-19-25-26-22(27(19)23)30-20(16-6-4-3-5-7-16)21(28)24-17-9-10-17/h3-8,11-12,17,20H,9-10,13,23H2,1-2H3,(H,24,28)/t20-/m0/s1. The summed E-state index contributed by atoms with van der Waals surface area (Å²) in [7, 11) is 0. The summed E-state index contributed by atoms with van der Waals surface area (Å²) >= 11 is 1.29. The molecule has 1 aliphatic rings. The highest BCUT2D eigenvalue weighted by molar-refractivity contribution is 8.00. The van der Waals surface area contributed by atoms with Gasteiger partial charge < -0.3 is 15.9 Å². The Hall–Kier alpha value is -3.00. The summed E-state index contributed by atoms with van der Waals surface area (Å²) in [5.41, 5.74) is 3.13. The van der Waals surface area contributed by atoms with E-state index < -0.39 is 5.25 Å². The van der Waals surface area contributed by atoms with Crippen LogP contribution in [-0.2, 0) is 11.4 Å². The molecule has 2 aromatic carbocycles. The number of rotatable bonds is 8. The van der Waals surface area contributed by atoms with Crippen LogP contribution in [0.1, 0.15) is 40.6 Å². The lowest BCUT2D eigenvalue weighted by atomic mass is 10.1. The van der Waals surface area contributed by atoms with Crippen molar-refractivity contribution in [1.82, 2.24) is 20.2 Å². The average Bonchev–Trinajstić information content (AvgIpc) is 3.48. The van der Waals surface area contributed by atoms with Crippen molar-refractivity contribution >= 4 is 17.7 Å². The van der Waals surface area contributed by atoms with Crippen molar-refractivity contribution in [3.8, 4) is 5.75 Å². The van der Waals surface area contributed by atoms with Gasteiger partial charge in [0.15, 0.2) is 5.82 Å². The molecule has 30 heavy (non-hydrogen) atoms. The van der Waals surface area contributed by atoms with Crippen LogP contribution in [0.5, 0.6) is 5.75 Å². The van der Waals surface area contributed by atoms with E-state index in [4.69, 9.17) is 10.6 Å². The zero-order chi connectivity index (χ0) is 21.1. The molecule has 7 nitrogen and oxygen atoms in total. The van der Waals surface area contributed by atoms with E-state index >= 15 is 0 Å². The minimum absolute atomic E-state index is 0.0372. The SMILES string of the molecule is Cc1ccc(OCc2nnc(S[C@H](C(=O)NC3CC3)c3ccccc3)n2N)c(C)c1. The molecule has 156 valence electrons. The maximum Gasteiger partial charge on any atom is 0.238 e. The van der Waals surface area contributed by atoms with Crippen LogP contribution in [0.2, 0.25) is 0 Å². The van der Waals surface area contributed by atoms with Gasteiger partial charge in [0.05, 0.1) is 0 Å². The Morgan fingerprint density at radius 1 is 1.23 bits per heavy atom. The molecule has 1 saturated carbocycles. The number of nitrogens with two attached hydrogens (primary N) is 1. The Balaban J connectivity index is 1.48. The molecule has 1 atom stereocenters. The van der Waals surface area contributed by atoms with Crippen LogP contribution in [0.25, 0.3) is 0 Å². The summed E-state index contributed by atoms with van der Waals surface area (Å²) in [6.45, 7) is 4.23. The topological polar surface area (TPSA) is 95.1 Å². The number of nitrogens with one attached hydrogen (secondary N) is 1. The zero-order valence-corrected chi connectivity index (χ0v) is 17.9. The predicted octanol–water partition coefficient (Wildman–Crippen LogP) is 3.30. The highest BCUT2D eigenvalue weighted by atomic mass is 32.2. The molecule has 0 spiro atoms. The molecule has 1 heterocycles. The van der Waals surface area contributed by atoms with Crippen LogP contribution in [0, 0.1) is 13.8 Å². The van der Waals surface area contributed by atoms with E-state index in [1.807, 2.05) is 56.3 Å². The summed E-state index contributed by atoms with van der Waals surface area (Å²) in [4.78, 5) is 12.8. The first-order valence-corrected chi connectivity index (χ1v) is 10.8. The van der Waals surface area contributed by atoms with Gasteiger partial charge in [-0.2, -0.15) is 0 Å². The third-order valence-electron chi connectivity index (χ3n) is 4.91. The van der Waals surface area contributed by atoms with Crippen LogP contribution in [0.4, 0.5) is 0 Å². The molecule has 3 N–H and O–H groups in total. The molecule has 3 aromatic rings. The Morgan fingerprint density at radius 2 is 2.00 bits per heavy atom. The first kappa shape index (κ1) is 20.3. The lowest BCUT2D eigenvalue weighted by Gasteiger charge is -2.16. The number of carbonyl (C=O) groups excluding carboxylic acids is 1. The normalized spacial score (nSPS) is 14.3. The average molecular weight is 424 g/mol. The molecule has 1 amide bonds. The Kier molecular flexibility index (Phi) is 5.94. The zero-order valence-electron chi connectivity index (χ0n) is 17.0. The van der Waals surface area contributed by atoms with Crippen LogP contribution in [0.15, 0.2) is 53.7 Å². The van der Waals surface area contributed by atoms with Crippen LogP contribution in [-0.4, -0.2) is 26.8 Å². The van der Waals surface area contributed by atoms with Crippen LogP contribution < -0.4 is 15.9 Å². The van der Waals surface area contributed by atoms with Gasteiger partial charge in [0.1, 0.15) is 17.6 Å². The van der Waals surface area contributed by atoms with Gasteiger partial charge in [0.25, 0.3) is 0 Å². The molecule has 0 bridgehead atoms. The second-order valence-electron chi connectivity index (χ2n) is 7.52. The molecular formula is C22H25N5O2S. The van der Waals surface area contributed by atoms with Crippen molar-refractivity contribution in [3.05, 3.63) is 71.0 Å². The predicted molar refractivity (Wildman–Crippen MR) is 117 cm³/mol. The number of nitrogens with zero attached hydrogens (tertiary/aromatic N) is 3. The van der Waals surface area contributed by atoms with Crippen molar-refractivity contribution in [2.45, 2.75) is 49.7 Å². The molecule has 0 saturated heterocycles. The number of thioether (sulfide) groups is 1. The summed E-state index contributed by atoms with van der Waals surface area (Å²) in [6.07, 6.45) is 2.07. The summed E-state index contributed by atoms with van der Waals surface area (Å²) in [5.74, 6) is 7.47. The molecular weight excluding hydrogens is 398 g/mol. The smallest absolute Gasteiger partial charge is 0.238 e. The van der Waals surface area contributed by atoms with Gasteiger partial charge in [-0.15, -0.1) is 10.2 Å². The molecule has 0 unspecified atom stereocenters. The maximum absolute atomic E-state index is 12.8. The van der Waals surface area contributed by atoms with Gasteiger partial charge in [0, 0.05) is 6.04 Å². The van der Waals surface area contributed by atoms with E-state index in [0.717, 1.165) is 29.7 Å². The third kappa shape index (κ3) is 4.76.